The molecule has 0 saturated carbocycles. The quantitative estimate of drug-likeness (QED) is 0.576. The van der Waals surface area contributed by atoms with Gasteiger partial charge >= 0.3 is 5.97 Å². The van der Waals surface area contributed by atoms with Crippen molar-refractivity contribution >= 4 is 11.9 Å². The Morgan fingerprint density at radius 2 is 2.24 bits per heavy atom. The van der Waals surface area contributed by atoms with E-state index in [0.29, 0.717) is 13.1 Å². The molecule has 0 aromatic carbocycles. The van der Waals surface area contributed by atoms with Crippen LogP contribution in [-0.4, -0.2) is 44.1 Å². The summed E-state index contributed by atoms with van der Waals surface area (Å²) in [6.45, 7) is 4.16. The average molecular weight is 241 g/mol. The number of hydrogen-bond acceptors (Lipinski definition) is 5. The first-order valence-electron chi connectivity index (χ1n) is 5.01. The highest BCUT2D eigenvalue weighted by Gasteiger charge is 2.23. The van der Waals surface area contributed by atoms with E-state index in [2.05, 4.69) is 15.6 Å². The molecule has 4 N–H and O–H groups in total. The lowest BCUT2D eigenvalue weighted by Crippen LogP contribution is -2.51. The Morgan fingerprint density at radius 1 is 1.59 bits per heavy atom. The molecule has 0 aliphatic carbocycles. The normalized spacial score (nSPS) is 11.4. The molecule has 1 rings (SSSR count). The maximum atomic E-state index is 11.0. The van der Waals surface area contributed by atoms with Crippen LogP contribution in [0.5, 0.6) is 0 Å². The maximum Gasteiger partial charge on any atom is 0.358 e. The highest BCUT2D eigenvalue weighted by Crippen LogP contribution is 1.99. The Morgan fingerprint density at radius 3 is 2.71 bits per heavy atom. The summed E-state index contributed by atoms with van der Waals surface area (Å²) < 4.78 is 1.38. The Hall–Kier alpha value is -1.96. The number of aromatic carboxylic acids is 1. The Balaban J connectivity index is 2.46. The predicted molar refractivity (Wildman–Crippen MR) is 58.3 cm³/mol. The summed E-state index contributed by atoms with van der Waals surface area (Å²) in [5, 5.41) is 18.7. The van der Waals surface area contributed by atoms with Crippen LogP contribution in [0.15, 0.2) is 6.20 Å². The van der Waals surface area contributed by atoms with E-state index in [9.17, 15) is 9.59 Å². The monoisotopic (exact) mass is 241 g/mol. The first-order valence-corrected chi connectivity index (χ1v) is 5.01. The molecule has 0 radical (unpaired) electrons. The Bertz CT molecular complexity index is 426. The number of carboxylic acids is 1. The second-order valence-corrected chi connectivity index (χ2v) is 4.09. The van der Waals surface area contributed by atoms with Crippen molar-refractivity contribution < 1.29 is 14.7 Å². The van der Waals surface area contributed by atoms with Crippen LogP contribution in [0.25, 0.3) is 0 Å². The zero-order chi connectivity index (χ0) is 13.1. The number of rotatable bonds is 6. The second kappa shape index (κ2) is 4.91. The predicted octanol–water partition coefficient (Wildman–Crippen LogP) is -1.17. The summed E-state index contributed by atoms with van der Waals surface area (Å²) in [5.74, 6) is -1.58. The van der Waals surface area contributed by atoms with Crippen molar-refractivity contribution in [2.24, 2.45) is 5.73 Å². The van der Waals surface area contributed by atoms with E-state index in [-0.39, 0.29) is 5.69 Å². The van der Waals surface area contributed by atoms with Crippen LogP contribution in [0.2, 0.25) is 0 Å². The topological polar surface area (TPSA) is 123 Å². The number of primary amides is 1. The third kappa shape index (κ3) is 3.52. The van der Waals surface area contributed by atoms with Crippen molar-refractivity contribution in [2.75, 3.05) is 6.54 Å². The Kier molecular flexibility index (Phi) is 3.79. The highest BCUT2D eigenvalue weighted by molar-refractivity contribution is 5.84. The third-order valence-electron chi connectivity index (χ3n) is 2.28. The second-order valence-electron chi connectivity index (χ2n) is 4.09. The van der Waals surface area contributed by atoms with Gasteiger partial charge < -0.3 is 16.2 Å². The third-order valence-corrected chi connectivity index (χ3v) is 2.28. The molecule has 8 heteroatoms. The van der Waals surface area contributed by atoms with Crippen LogP contribution in [0.3, 0.4) is 0 Å². The molecule has 0 unspecified atom stereocenters. The molecule has 0 aliphatic heterocycles. The fourth-order valence-corrected chi connectivity index (χ4v) is 1.08. The van der Waals surface area contributed by atoms with Crippen molar-refractivity contribution in [3.8, 4) is 0 Å². The number of amides is 1. The Labute approximate surface area is 97.8 Å². The van der Waals surface area contributed by atoms with E-state index < -0.39 is 17.4 Å². The van der Waals surface area contributed by atoms with Gasteiger partial charge in [0.1, 0.15) is 0 Å². The minimum atomic E-state index is -1.12. The molecular weight excluding hydrogens is 226 g/mol. The number of carbonyl (C=O) groups is 2. The zero-order valence-electron chi connectivity index (χ0n) is 9.67. The van der Waals surface area contributed by atoms with Crippen LogP contribution < -0.4 is 11.1 Å². The molecule has 17 heavy (non-hydrogen) atoms. The summed E-state index contributed by atoms with van der Waals surface area (Å²) in [5.41, 5.74) is 4.26. The smallest absolute Gasteiger partial charge is 0.358 e. The van der Waals surface area contributed by atoms with Crippen LogP contribution in [0.1, 0.15) is 24.3 Å². The summed E-state index contributed by atoms with van der Waals surface area (Å²) in [6.07, 6.45) is 1.32. The van der Waals surface area contributed by atoms with Crippen molar-refractivity contribution in [3.63, 3.8) is 0 Å². The van der Waals surface area contributed by atoms with E-state index in [1.54, 1.807) is 13.8 Å². The van der Waals surface area contributed by atoms with Gasteiger partial charge in [-0.1, -0.05) is 5.21 Å². The van der Waals surface area contributed by atoms with E-state index in [1.807, 2.05) is 0 Å². The molecule has 1 amide bonds. The molecule has 1 aromatic rings. The van der Waals surface area contributed by atoms with Crippen LogP contribution in [0.4, 0.5) is 0 Å². The summed E-state index contributed by atoms with van der Waals surface area (Å²) in [4.78, 5) is 21.5. The molecule has 8 nitrogen and oxygen atoms in total. The van der Waals surface area contributed by atoms with E-state index in [0.717, 1.165) is 0 Å². The van der Waals surface area contributed by atoms with Gasteiger partial charge in [0, 0.05) is 6.54 Å². The van der Waals surface area contributed by atoms with Crippen LogP contribution in [0, 0.1) is 0 Å². The van der Waals surface area contributed by atoms with Gasteiger partial charge in [0.25, 0.3) is 0 Å². The zero-order valence-corrected chi connectivity index (χ0v) is 9.67. The molecule has 0 saturated heterocycles. The van der Waals surface area contributed by atoms with Crippen LogP contribution in [-0.2, 0) is 11.3 Å². The SMILES string of the molecule is CC(C)(NCCn1cc(C(=O)O)nn1)C(N)=O. The fourth-order valence-electron chi connectivity index (χ4n) is 1.08. The van der Waals surface area contributed by atoms with Gasteiger partial charge in [-0.05, 0) is 13.8 Å². The van der Waals surface area contributed by atoms with Crippen LogP contribution >= 0.6 is 0 Å². The standard InChI is InChI=1S/C9H15N5O3/c1-9(2,8(10)17)11-3-4-14-5-6(7(15)16)12-13-14/h5,11H,3-4H2,1-2H3,(H2,10,17)(H,15,16). The summed E-state index contributed by atoms with van der Waals surface area (Å²) >= 11 is 0. The molecule has 1 heterocycles. The van der Waals surface area contributed by atoms with E-state index >= 15 is 0 Å². The molecule has 0 aliphatic rings. The van der Waals surface area contributed by atoms with E-state index in [1.165, 1.54) is 10.9 Å². The number of nitrogens with zero attached hydrogens (tertiary/aromatic N) is 3. The van der Waals surface area contributed by atoms with Gasteiger partial charge in [-0.2, -0.15) is 0 Å². The van der Waals surface area contributed by atoms with Crippen molar-refractivity contribution in [1.82, 2.24) is 20.3 Å². The summed E-state index contributed by atoms with van der Waals surface area (Å²) in [7, 11) is 0. The van der Waals surface area contributed by atoms with Gasteiger partial charge in [0.2, 0.25) is 5.91 Å². The number of hydrogen-bond donors (Lipinski definition) is 3. The maximum absolute atomic E-state index is 11.0. The first kappa shape index (κ1) is 13.1. The molecule has 0 fully saturated rings. The van der Waals surface area contributed by atoms with Gasteiger partial charge in [0.15, 0.2) is 5.69 Å². The van der Waals surface area contributed by atoms with E-state index in [4.69, 9.17) is 10.8 Å². The van der Waals surface area contributed by atoms with Crippen molar-refractivity contribution in [1.29, 1.82) is 0 Å². The molecule has 0 bridgehead atoms. The highest BCUT2D eigenvalue weighted by atomic mass is 16.4. The van der Waals surface area contributed by atoms with Gasteiger partial charge in [-0.25, -0.2) is 4.79 Å². The fraction of sp³-hybridized carbons (Fsp3) is 0.556. The van der Waals surface area contributed by atoms with Gasteiger partial charge in [0.05, 0.1) is 18.3 Å². The molecule has 94 valence electrons. The molecule has 0 atom stereocenters. The minimum absolute atomic E-state index is 0.112. The van der Waals surface area contributed by atoms with Gasteiger partial charge in [-0.15, -0.1) is 5.10 Å². The largest absolute Gasteiger partial charge is 0.476 e. The van der Waals surface area contributed by atoms with Gasteiger partial charge in [-0.3, -0.25) is 9.48 Å². The first-order chi connectivity index (χ1) is 7.83. The lowest BCUT2D eigenvalue weighted by atomic mass is 10.1. The number of nitrogens with one attached hydrogen (secondary N) is 1. The van der Waals surface area contributed by atoms with Crippen molar-refractivity contribution in [3.05, 3.63) is 11.9 Å². The average Bonchev–Trinajstić information content (AvgIpc) is 2.66. The number of nitrogens with two attached hydrogens (primary N) is 1. The molecule has 1 aromatic heterocycles. The number of carboxylic acid groups (broad SMARTS) is 1. The minimum Gasteiger partial charge on any atom is -0.476 e. The lowest BCUT2D eigenvalue weighted by Gasteiger charge is -2.21. The summed E-state index contributed by atoms with van der Waals surface area (Å²) in [6, 6.07) is 0. The van der Waals surface area contributed by atoms with Crippen molar-refractivity contribution in [2.45, 2.75) is 25.9 Å². The molecule has 0 spiro atoms. The lowest BCUT2D eigenvalue weighted by molar-refractivity contribution is -0.123. The number of carbonyl (C=O) groups excluding carboxylic acids is 1. The number of aromatic nitrogens is 3. The molecular formula is C9H15N5O3.